The van der Waals surface area contributed by atoms with Crippen LogP contribution in [0.15, 0.2) is 12.4 Å². The largest absolute Gasteiger partial charge is 0.364 e. The summed E-state index contributed by atoms with van der Waals surface area (Å²) in [5, 5.41) is 0. The number of nitrogens with two attached hydrogens (primary N) is 2. The Labute approximate surface area is 113 Å². The lowest BCUT2D eigenvalue weighted by molar-refractivity contribution is 0.0995. The second kappa shape index (κ2) is 5.97. The molecule has 0 aliphatic heterocycles. The van der Waals surface area contributed by atoms with E-state index >= 15 is 0 Å². The predicted molar refractivity (Wildman–Crippen MR) is 73.8 cm³/mol. The lowest BCUT2D eigenvalue weighted by Gasteiger charge is -2.36. The van der Waals surface area contributed by atoms with Gasteiger partial charge in [-0.25, -0.2) is 9.97 Å². The first-order valence-corrected chi connectivity index (χ1v) is 6.76. The van der Waals surface area contributed by atoms with Crippen molar-refractivity contribution < 1.29 is 4.79 Å². The molecule has 6 heteroatoms. The van der Waals surface area contributed by atoms with Gasteiger partial charge in [-0.15, -0.1) is 0 Å². The summed E-state index contributed by atoms with van der Waals surface area (Å²) in [5.41, 5.74) is 11.6. The van der Waals surface area contributed by atoms with E-state index < -0.39 is 5.91 Å². The van der Waals surface area contributed by atoms with Crippen LogP contribution >= 0.6 is 0 Å². The molecule has 1 aromatic heterocycles. The number of anilines is 1. The smallest absolute Gasteiger partial charge is 0.271 e. The molecule has 1 fully saturated rings. The minimum atomic E-state index is -0.533. The molecule has 1 aromatic rings. The summed E-state index contributed by atoms with van der Waals surface area (Å²) in [7, 11) is 0. The summed E-state index contributed by atoms with van der Waals surface area (Å²) in [5.74, 6) is 0.0621. The van der Waals surface area contributed by atoms with Gasteiger partial charge in [-0.1, -0.05) is 0 Å². The fourth-order valence-corrected chi connectivity index (χ4v) is 2.71. The van der Waals surface area contributed by atoms with E-state index in [9.17, 15) is 4.79 Å². The van der Waals surface area contributed by atoms with Crippen molar-refractivity contribution in [1.29, 1.82) is 0 Å². The number of amides is 1. The highest BCUT2D eigenvalue weighted by molar-refractivity contribution is 5.95. The summed E-state index contributed by atoms with van der Waals surface area (Å²) in [6.07, 6.45) is 7.14. The van der Waals surface area contributed by atoms with Crippen LogP contribution < -0.4 is 16.4 Å². The van der Waals surface area contributed by atoms with Crippen molar-refractivity contribution in [2.24, 2.45) is 11.5 Å². The molecule has 104 valence electrons. The van der Waals surface area contributed by atoms with Crippen LogP contribution in [-0.2, 0) is 0 Å². The maximum atomic E-state index is 11.5. The molecular weight excluding hydrogens is 242 g/mol. The Morgan fingerprint density at radius 2 is 1.95 bits per heavy atom. The summed E-state index contributed by atoms with van der Waals surface area (Å²) >= 11 is 0. The van der Waals surface area contributed by atoms with Gasteiger partial charge in [0.2, 0.25) is 0 Å². The molecule has 0 aromatic carbocycles. The molecule has 4 N–H and O–H groups in total. The zero-order valence-electron chi connectivity index (χ0n) is 11.2. The average molecular weight is 263 g/mol. The Hall–Kier alpha value is -1.69. The second-order valence-electron chi connectivity index (χ2n) is 4.95. The third-order valence-corrected chi connectivity index (χ3v) is 3.71. The molecule has 1 aliphatic carbocycles. The Kier molecular flexibility index (Phi) is 4.31. The van der Waals surface area contributed by atoms with Crippen molar-refractivity contribution in [2.45, 2.75) is 44.7 Å². The summed E-state index contributed by atoms with van der Waals surface area (Å²) in [6, 6.07) is 0.659. The molecule has 0 atom stereocenters. The van der Waals surface area contributed by atoms with Gasteiger partial charge in [0.25, 0.3) is 5.91 Å². The van der Waals surface area contributed by atoms with Crippen LogP contribution in [0.1, 0.15) is 43.1 Å². The maximum absolute atomic E-state index is 11.5. The van der Waals surface area contributed by atoms with Gasteiger partial charge in [0.1, 0.15) is 0 Å². The highest BCUT2D eigenvalue weighted by Crippen LogP contribution is 2.26. The number of carbonyl (C=O) groups excluding carboxylic acids is 1. The van der Waals surface area contributed by atoms with Crippen LogP contribution in [-0.4, -0.2) is 34.5 Å². The maximum Gasteiger partial charge on any atom is 0.271 e. The van der Waals surface area contributed by atoms with Crippen LogP contribution in [0.3, 0.4) is 0 Å². The van der Waals surface area contributed by atoms with E-state index in [2.05, 4.69) is 14.9 Å². The molecule has 1 amide bonds. The molecule has 0 radical (unpaired) electrons. The molecule has 0 spiro atoms. The predicted octanol–water partition coefficient (Wildman–Crippen LogP) is 0.672. The second-order valence-corrected chi connectivity index (χ2v) is 4.95. The molecule has 1 heterocycles. The van der Waals surface area contributed by atoms with E-state index in [4.69, 9.17) is 11.5 Å². The average Bonchev–Trinajstić information content (AvgIpc) is 2.42. The standard InChI is InChI=1S/C13H21N5O/c1-2-18(10-5-3-9(14)4-6-10)13-11(12(15)19)16-7-8-17-13/h7-10H,2-6,14H2,1H3,(H2,15,19). The lowest BCUT2D eigenvalue weighted by Crippen LogP contribution is -2.42. The number of hydrogen-bond acceptors (Lipinski definition) is 5. The molecule has 19 heavy (non-hydrogen) atoms. The molecule has 0 unspecified atom stereocenters. The fraction of sp³-hybridized carbons (Fsp3) is 0.615. The molecule has 1 saturated carbocycles. The van der Waals surface area contributed by atoms with Crippen LogP contribution in [0.4, 0.5) is 5.82 Å². The van der Waals surface area contributed by atoms with Crippen molar-refractivity contribution >= 4 is 11.7 Å². The number of rotatable bonds is 4. The van der Waals surface area contributed by atoms with E-state index in [1.54, 1.807) is 6.20 Å². The first-order chi connectivity index (χ1) is 9.13. The topological polar surface area (TPSA) is 98.1 Å². The van der Waals surface area contributed by atoms with E-state index in [0.29, 0.717) is 17.9 Å². The Bertz CT molecular complexity index is 442. The van der Waals surface area contributed by atoms with Gasteiger partial charge in [-0.05, 0) is 32.6 Å². The SMILES string of the molecule is CCN(c1nccnc1C(N)=O)C1CCC(N)CC1. The van der Waals surface area contributed by atoms with E-state index in [1.165, 1.54) is 6.20 Å². The van der Waals surface area contributed by atoms with Crippen molar-refractivity contribution in [3.8, 4) is 0 Å². The van der Waals surface area contributed by atoms with Crippen LogP contribution in [0.2, 0.25) is 0 Å². The van der Waals surface area contributed by atoms with Gasteiger partial charge >= 0.3 is 0 Å². The molecule has 1 aliphatic rings. The molecule has 0 bridgehead atoms. The van der Waals surface area contributed by atoms with E-state index in [0.717, 1.165) is 32.2 Å². The third kappa shape index (κ3) is 3.01. The van der Waals surface area contributed by atoms with Gasteiger partial charge in [-0.3, -0.25) is 4.79 Å². The van der Waals surface area contributed by atoms with Crippen molar-refractivity contribution in [3.05, 3.63) is 18.1 Å². The van der Waals surface area contributed by atoms with Crippen LogP contribution in [0, 0.1) is 0 Å². The zero-order chi connectivity index (χ0) is 13.8. The van der Waals surface area contributed by atoms with E-state index in [1.807, 2.05) is 6.92 Å². The monoisotopic (exact) mass is 263 g/mol. The Morgan fingerprint density at radius 3 is 2.53 bits per heavy atom. The zero-order valence-corrected chi connectivity index (χ0v) is 11.2. The number of carbonyl (C=O) groups is 1. The summed E-state index contributed by atoms with van der Waals surface area (Å²) in [6.45, 7) is 2.83. The number of hydrogen-bond donors (Lipinski definition) is 2. The van der Waals surface area contributed by atoms with Crippen molar-refractivity contribution in [1.82, 2.24) is 9.97 Å². The van der Waals surface area contributed by atoms with Gasteiger partial charge in [0.05, 0.1) is 0 Å². The molecular formula is C13H21N5O. The summed E-state index contributed by atoms with van der Waals surface area (Å²) in [4.78, 5) is 21.9. The van der Waals surface area contributed by atoms with E-state index in [-0.39, 0.29) is 5.69 Å². The van der Waals surface area contributed by atoms with Gasteiger partial charge in [0, 0.05) is 31.0 Å². The molecule has 6 nitrogen and oxygen atoms in total. The first kappa shape index (κ1) is 13.7. The number of primary amides is 1. The van der Waals surface area contributed by atoms with Crippen molar-refractivity contribution in [2.75, 3.05) is 11.4 Å². The van der Waals surface area contributed by atoms with Gasteiger partial charge < -0.3 is 16.4 Å². The first-order valence-electron chi connectivity index (χ1n) is 6.76. The minimum absolute atomic E-state index is 0.249. The quantitative estimate of drug-likeness (QED) is 0.832. The minimum Gasteiger partial charge on any atom is -0.364 e. The Balaban J connectivity index is 2.24. The highest BCUT2D eigenvalue weighted by atomic mass is 16.1. The fourth-order valence-electron chi connectivity index (χ4n) is 2.71. The number of aromatic nitrogens is 2. The van der Waals surface area contributed by atoms with Crippen molar-refractivity contribution in [3.63, 3.8) is 0 Å². The van der Waals surface area contributed by atoms with Crippen LogP contribution in [0.5, 0.6) is 0 Å². The van der Waals surface area contributed by atoms with Gasteiger partial charge in [-0.2, -0.15) is 0 Å². The Morgan fingerprint density at radius 1 is 1.32 bits per heavy atom. The molecule has 0 saturated heterocycles. The molecule has 2 rings (SSSR count). The highest BCUT2D eigenvalue weighted by Gasteiger charge is 2.27. The normalized spacial score (nSPS) is 23.1. The third-order valence-electron chi connectivity index (χ3n) is 3.71. The summed E-state index contributed by atoms with van der Waals surface area (Å²) < 4.78 is 0. The lowest BCUT2D eigenvalue weighted by atomic mass is 9.90. The van der Waals surface area contributed by atoms with Crippen LogP contribution in [0.25, 0.3) is 0 Å². The number of nitrogens with zero attached hydrogens (tertiary/aromatic N) is 3. The van der Waals surface area contributed by atoms with Gasteiger partial charge in [0.15, 0.2) is 11.5 Å².